The van der Waals surface area contributed by atoms with Gasteiger partial charge in [-0.25, -0.2) is 14.4 Å². The molecule has 0 aliphatic heterocycles. The number of amides is 1. The van der Waals surface area contributed by atoms with E-state index in [2.05, 4.69) is 15.3 Å². The van der Waals surface area contributed by atoms with Gasteiger partial charge in [-0.05, 0) is 48.6 Å². The Morgan fingerprint density at radius 1 is 1.31 bits per heavy atom. The van der Waals surface area contributed by atoms with E-state index in [1.54, 1.807) is 12.1 Å². The molecule has 35 heavy (non-hydrogen) atoms. The number of alkyl halides is 1. The van der Waals surface area contributed by atoms with Gasteiger partial charge in [0.2, 0.25) is 0 Å². The number of rotatable bonds is 8. The van der Waals surface area contributed by atoms with Gasteiger partial charge in [0.1, 0.15) is 23.7 Å². The fourth-order valence-corrected chi connectivity index (χ4v) is 3.90. The van der Waals surface area contributed by atoms with E-state index in [-0.39, 0.29) is 40.1 Å². The van der Waals surface area contributed by atoms with Crippen molar-refractivity contribution >= 4 is 35.2 Å². The Bertz CT molecular complexity index is 1340. The number of allylic oxidation sites excluding steroid dienone is 1. The van der Waals surface area contributed by atoms with E-state index in [0.29, 0.717) is 16.7 Å². The number of benzene rings is 2. The molecule has 10 heteroatoms. The summed E-state index contributed by atoms with van der Waals surface area (Å²) in [4.78, 5) is 21.3. The molecule has 1 aliphatic carbocycles. The van der Waals surface area contributed by atoms with E-state index in [1.165, 1.54) is 30.5 Å². The number of aromatic nitrogens is 2. The van der Waals surface area contributed by atoms with E-state index in [1.807, 2.05) is 18.2 Å². The maximum Gasteiger partial charge on any atom is 0.274 e. The van der Waals surface area contributed by atoms with Gasteiger partial charge >= 0.3 is 0 Å². The Kier molecular flexibility index (Phi) is 7.49. The van der Waals surface area contributed by atoms with Crippen LogP contribution < -0.4 is 15.8 Å². The third-order valence-electron chi connectivity index (χ3n) is 5.28. The van der Waals surface area contributed by atoms with E-state index in [4.69, 9.17) is 38.9 Å². The molecular weight excluding hydrogens is 492 g/mol. The minimum absolute atomic E-state index is 0.0332. The van der Waals surface area contributed by atoms with Crippen LogP contribution >= 0.6 is 23.2 Å². The lowest BCUT2D eigenvalue weighted by Gasteiger charge is -2.14. The minimum Gasteiger partial charge on any atom is -0.453 e. The number of halogens is 3. The quantitative estimate of drug-likeness (QED) is 0.374. The molecule has 3 aromatic rings. The van der Waals surface area contributed by atoms with Crippen LogP contribution in [0.25, 0.3) is 6.08 Å². The van der Waals surface area contributed by atoms with Crippen molar-refractivity contribution in [1.29, 1.82) is 5.26 Å². The number of nitrogens with one attached hydrogen (secondary N) is 1. The summed E-state index contributed by atoms with van der Waals surface area (Å²) in [6, 6.07) is 13.7. The zero-order chi connectivity index (χ0) is 24.9. The molecule has 1 atom stereocenters. The van der Waals surface area contributed by atoms with Gasteiger partial charge in [0.15, 0.2) is 17.3 Å². The minimum atomic E-state index is -1.58. The van der Waals surface area contributed by atoms with Gasteiger partial charge in [0.25, 0.3) is 5.91 Å². The molecule has 1 aromatic heterocycles. The van der Waals surface area contributed by atoms with Gasteiger partial charge in [0, 0.05) is 21.7 Å². The van der Waals surface area contributed by atoms with Crippen LogP contribution in [0, 0.1) is 11.3 Å². The fraction of sp³-hybridized carbons (Fsp3) is 0.200. The predicted molar refractivity (Wildman–Crippen MR) is 131 cm³/mol. The Morgan fingerprint density at radius 2 is 2.11 bits per heavy atom. The van der Waals surface area contributed by atoms with Crippen molar-refractivity contribution < 1.29 is 13.9 Å². The monoisotopic (exact) mass is 511 g/mol. The molecule has 0 bridgehead atoms. The predicted octanol–water partition coefficient (Wildman–Crippen LogP) is 5.72. The highest BCUT2D eigenvalue weighted by molar-refractivity contribution is 6.35. The van der Waals surface area contributed by atoms with Crippen molar-refractivity contribution in [3.05, 3.63) is 87.0 Å². The lowest BCUT2D eigenvalue weighted by molar-refractivity contribution is 0.0934. The number of nitrogens with two attached hydrogens (primary N) is 1. The van der Waals surface area contributed by atoms with Crippen molar-refractivity contribution in [2.24, 2.45) is 5.73 Å². The first-order valence-corrected chi connectivity index (χ1v) is 11.5. The molecule has 4 rings (SSSR count). The number of nitrogens with zero attached hydrogens (tertiary/aromatic N) is 3. The van der Waals surface area contributed by atoms with Gasteiger partial charge in [0.05, 0.1) is 12.7 Å². The molecule has 1 unspecified atom stereocenters. The molecular formula is C25H20Cl2FN5O2. The third kappa shape index (κ3) is 6.27. The topological polar surface area (TPSA) is 114 Å². The molecule has 0 saturated heterocycles. The molecule has 3 N–H and O–H groups in total. The number of carbonyl (C=O) groups is 1. The molecule has 1 saturated carbocycles. The third-order valence-corrected chi connectivity index (χ3v) is 5.84. The van der Waals surface area contributed by atoms with Crippen LogP contribution in [0.15, 0.2) is 54.4 Å². The molecule has 2 aromatic carbocycles. The number of hydrogen-bond donors (Lipinski definition) is 2. The number of carbonyl (C=O) groups excluding carboxylic acids is 1. The van der Waals surface area contributed by atoms with Crippen molar-refractivity contribution in [3.63, 3.8) is 0 Å². The SMILES string of the molecule is N#C/C(N)=C/c1ncc(Oc2cccc(C3CC3)c2)c(C(=O)NCC(F)c2ccc(Cl)cc2Cl)n1. The van der Waals surface area contributed by atoms with Gasteiger partial charge in [-0.1, -0.05) is 41.4 Å². The summed E-state index contributed by atoms with van der Waals surface area (Å²) in [6.45, 7) is -0.369. The largest absolute Gasteiger partial charge is 0.453 e. The van der Waals surface area contributed by atoms with E-state index in [0.717, 1.165) is 18.4 Å². The number of nitriles is 1. The van der Waals surface area contributed by atoms with E-state index >= 15 is 0 Å². The Labute approximate surface area is 211 Å². The highest BCUT2D eigenvalue weighted by Crippen LogP contribution is 2.41. The van der Waals surface area contributed by atoms with Gasteiger partial charge in [-0.2, -0.15) is 5.26 Å². The smallest absolute Gasteiger partial charge is 0.274 e. The lowest BCUT2D eigenvalue weighted by atomic mass is 10.1. The zero-order valence-corrected chi connectivity index (χ0v) is 19.9. The maximum atomic E-state index is 14.8. The highest BCUT2D eigenvalue weighted by Gasteiger charge is 2.24. The van der Waals surface area contributed by atoms with Crippen molar-refractivity contribution in [2.45, 2.75) is 24.9 Å². The first-order chi connectivity index (χ1) is 16.8. The maximum absolute atomic E-state index is 14.8. The Morgan fingerprint density at radius 3 is 2.83 bits per heavy atom. The van der Waals surface area contributed by atoms with Crippen LogP contribution in [-0.4, -0.2) is 22.4 Å². The number of ether oxygens (including phenoxy) is 1. The second-order valence-corrected chi connectivity index (χ2v) is 8.79. The lowest BCUT2D eigenvalue weighted by Crippen LogP contribution is -2.28. The molecule has 0 spiro atoms. The van der Waals surface area contributed by atoms with Crippen molar-refractivity contribution in [1.82, 2.24) is 15.3 Å². The van der Waals surface area contributed by atoms with Crippen molar-refractivity contribution in [3.8, 4) is 17.6 Å². The summed E-state index contributed by atoms with van der Waals surface area (Å²) in [5.74, 6) is 0.441. The van der Waals surface area contributed by atoms with Crippen LogP contribution in [0.3, 0.4) is 0 Å². The molecule has 1 heterocycles. The summed E-state index contributed by atoms with van der Waals surface area (Å²) < 4.78 is 20.7. The molecule has 7 nitrogen and oxygen atoms in total. The standard InChI is InChI=1S/C25H20Cl2FN5O2/c26-16-6-7-19(20(27)9-16)21(28)12-32-25(34)24-22(13-31-23(33-24)10-17(30)11-29)35-18-3-1-2-15(8-18)14-4-5-14/h1-3,6-10,13-14,21H,4-5,12,30H2,(H,32,34)/b17-10-. The van der Waals surface area contributed by atoms with E-state index < -0.39 is 12.1 Å². The van der Waals surface area contributed by atoms with Crippen LogP contribution in [0.5, 0.6) is 11.5 Å². The first kappa shape index (κ1) is 24.5. The van der Waals surface area contributed by atoms with Crippen LogP contribution in [0.4, 0.5) is 4.39 Å². The van der Waals surface area contributed by atoms with Gasteiger partial charge in [-0.15, -0.1) is 0 Å². The summed E-state index contributed by atoms with van der Waals surface area (Å²) in [5, 5.41) is 12.0. The fourth-order valence-electron chi connectivity index (χ4n) is 3.37. The average Bonchev–Trinajstić information content (AvgIpc) is 3.69. The van der Waals surface area contributed by atoms with Gasteiger partial charge in [-0.3, -0.25) is 4.79 Å². The highest BCUT2D eigenvalue weighted by atomic mass is 35.5. The van der Waals surface area contributed by atoms with E-state index in [9.17, 15) is 9.18 Å². The Hall–Kier alpha value is -3.67. The number of hydrogen-bond acceptors (Lipinski definition) is 6. The normalized spacial score (nSPS) is 14.2. The summed E-state index contributed by atoms with van der Waals surface area (Å²) in [6.07, 6.45) is 3.21. The van der Waals surface area contributed by atoms with Crippen LogP contribution in [0.2, 0.25) is 10.0 Å². The second kappa shape index (κ2) is 10.7. The second-order valence-electron chi connectivity index (χ2n) is 7.94. The average molecular weight is 512 g/mol. The molecule has 1 amide bonds. The van der Waals surface area contributed by atoms with Crippen LogP contribution in [0.1, 0.15) is 52.4 Å². The molecule has 178 valence electrons. The molecule has 1 fully saturated rings. The summed E-state index contributed by atoms with van der Waals surface area (Å²) >= 11 is 11.9. The van der Waals surface area contributed by atoms with Crippen LogP contribution in [-0.2, 0) is 0 Å². The molecule has 1 aliphatic rings. The molecule has 0 radical (unpaired) electrons. The zero-order valence-electron chi connectivity index (χ0n) is 18.3. The summed E-state index contributed by atoms with van der Waals surface area (Å²) in [7, 11) is 0. The first-order valence-electron chi connectivity index (χ1n) is 10.7. The Balaban J connectivity index is 1.57. The van der Waals surface area contributed by atoms with Crippen molar-refractivity contribution in [2.75, 3.05) is 6.54 Å². The van der Waals surface area contributed by atoms with Gasteiger partial charge < -0.3 is 15.8 Å². The summed E-state index contributed by atoms with van der Waals surface area (Å²) in [5.41, 5.74) is 6.62.